The van der Waals surface area contributed by atoms with Crippen LogP contribution in [0.5, 0.6) is 5.75 Å². The summed E-state index contributed by atoms with van der Waals surface area (Å²) in [4.78, 5) is 33.3. The number of amides is 1. The van der Waals surface area contributed by atoms with Crippen LogP contribution in [0, 0.1) is 12.8 Å². The number of benzene rings is 2. The molecule has 0 spiro atoms. The van der Waals surface area contributed by atoms with Gasteiger partial charge >= 0.3 is 0 Å². The fraction of sp³-hybridized carbons (Fsp3) is 0.250. The molecule has 0 unspecified atom stereocenters. The van der Waals surface area contributed by atoms with E-state index in [2.05, 4.69) is 18.8 Å². The number of hydrogen-bond acceptors (Lipinski definition) is 5. The molecule has 3 heterocycles. The smallest absolute Gasteiger partial charge is 0.296 e. The highest BCUT2D eigenvalue weighted by Crippen LogP contribution is 2.41. The van der Waals surface area contributed by atoms with Gasteiger partial charge in [-0.2, -0.15) is 0 Å². The SMILES string of the molecule is Cc1ccnc(N2C(=O)c3oc4ccccc4c(=O)c3[C@H]2c2cccc(OCCC(C)C)c2)c1. The summed E-state index contributed by atoms with van der Waals surface area (Å²) < 4.78 is 12.0. The van der Waals surface area contributed by atoms with Gasteiger partial charge in [0.15, 0.2) is 5.43 Å². The van der Waals surface area contributed by atoms with E-state index in [0.717, 1.165) is 17.5 Å². The van der Waals surface area contributed by atoms with Crippen LogP contribution in [0.4, 0.5) is 5.82 Å². The molecule has 0 radical (unpaired) electrons. The van der Waals surface area contributed by atoms with E-state index in [1.165, 1.54) is 0 Å². The fourth-order valence-corrected chi connectivity index (χ4v) is 4.31. The van der Waals surface area contributed by atoms with E-state index in [4.69, 9.17) is 9.15 Å². The van der Waals surface area contributed by atoms with Crippen LogP contribution in [0.15, 0.2) is 76.1 Å². The Labute approximate surface area is 197 Å². The van der Waals surface area contributed by atoms with Crippen molar-refractivity contribution in [3.63, 3.8) is 0 Å². The minimum atomic E-state index is -0.675. The molecule has 6 heteroatoms. The molecule has 1 aliphatic rings. The largest absolute Gasteiger partial charge is 0.494 e. The highest BCUT2D eigenvalue weighted by molar-refractivity contribution is 6.10. The number of para-hydroxylation sites is 1. The van der Waals surface area contributed by atoms with E-state index >= 15 is 0 Å². The molecule has 6 nitrogen and oxygen atoms in total. The third-order valence-corrected chi connectivity index (χ3v) is 6.06. The van der Waals surface area contributed by atoms with Gasteiger partial charge in [-0.25, -0.2) is 4.98 Å². The van der Waals surface area contributed by atoms with Crippen LogP contribution in [0.3, 0.4) is 0 Å². The molecule has 1 aliphatic heterocycles. The number of nitrogens with zero attached hydrogens (tertiary/aromatic N) is 2. The van der Waals surface area contributed by atoms with E-state index in [1.54, 1.807) is 35.4 Å². The second kappa shape index (κ2) is 8.78. The Morgan fingerprint density at radius 2 is 1.88 bits per heavy atom. The first kappa shape index (κ1) is 21.9. The standard InChI is InChI=1S/C28H26N2O4/c1-17(2)12-14-33-20-8-6-7-19(16-20)25-24-26(31)21-9-4-5-10-22(21)34-27(24)28(32)30(25)23-15-18(3)11-13-29-23/h4-11,13,15-17,25H,12,14H2,1-3H3/t25-/m1/s1. The first-order valence-electron chi connectivity index (χ1n) is 11.5. The Bertz CT molecular complexity index is 1440. The van der Waals surface area contributed by atoms with Crippen molar-refractivity contribution in [2.45, 2.75) is 33.2 Å². The van der Waals surface area contributed by atoms with E-state index in [-0.39, 0.29) is 17.1 Å². The van der Waals surface area contributed by atoms with Crippen molar-refractivity contribution < 1.29 is 13.9 Å². The highest BCUT2D eigenvalue weighted by atomic mass is 16.5. The van der Waals surface area contributed by atoms with E-state index in [1.807, 2.05) is 43.3 Å². The average Bonchev–Trinajstić information content (AvgIpc) is 3.12. The molecule has 2 aromatic heterocycles. The average molecular weight is 455 g/mol. The number of ether oxygens (including phenoxy) is 1. The fourth-order valence-electron chi connectivity index (χ4n) is 4.31. The van der Waals surface area contributed by atoms with Crippen LogP contribution < -0.4 is 15.1 Å². The van der Waals surface area contributed by atoms with Crippen molar-refractivity contribution in [3.8, 4) is 5.75 Å². The first-order valence-corrected chi connectivity index (χ1v) is 11.5. The van der Waals surface area contributed by atoms with Gasteiger partial charge < -0.3 is 9.15 Å². The number of fused-ring (bicyclic) bond motifs is 2. The van der Waals surface area contributed by atoms with Crippen molar-refractivity contribution in [2.24, 2.45) is 5.92 Å². The van der Waals surface area contributed by atoms with Gasteiger partial charge in [0.05, 0.1) is 23.6 Å². The normalized spacial score (nSPS) is 15.2. The summed E-state index contributed by atoms with van der Waals surface area (Å²) in [7, 11) is 0. The van der Waals surface area contributed by atoms with Crippen LogP contribution >= 0.6 is 0 Å². The Kier molecular flexibility index (Phi) is 5.65. The molecule has 4 aromatic rings. The van der Waals surface area contributed by atoms with Gasteiger partial charge in [0.2, 0.25) is 5.76 Å². The number of anilines is 1. The minimum absolute atomic E-state index is 0.0585. The molecule has 0 N–H and O–H groups in total. The Morgan fingerprint density at radius 3 is 2.68 bits per heavy atom. The highest BCUT2D eigenvalue weighted by Gasteiger charge is 2.44. The second-order valence-corrected chi connectivity index (χ2v) is 9.04. The van der Waals surface area contributed by atoms with Gasteiger partial charge in [-0.1, -0.05) is 38.1 Å². The molecular weight excluding hydrogens is 428 g/mol. The van der Waals surface area contributed by atoms with Crippen molar-refractivity contribution >= 4 is 22.7 Å². The molecule has 0 saturated heterocycles. The Hall–Kier alpha value is -3.93. The maximum absolute atomic E-state index is 13.6. The summed E-state index contributed by atoms with van der Waals surface area (Å²) in [6.45, 7) is 6.83. The Morgan fingerprint density at radius 1 is 1.06 bits per heavy atom. The van der Waals surface area contributed by atoms with Crippen LogP contribution in [-0.4, -0.2) is 17.5 Å². The lowest BCUT2D eigenvalue weighted by molar-refractivity contribution is 0.0970. The van der Waals surface area contributed by atoms with Gasteiger partial charge in [-0.3, -0.25) is 14.5 Å². The van der Waals surface area contributed by atoms with Crippen LogP contribution in [0.2, 0.25) is 0 Å². The Balaban J connectivity index is 1.68. The molecule has 1 atom stereocenters. The zero-order valence-electron chi connectivity index (χ0n) is 19.4. The number of rotatable bonds is 6. The molecule has 0 saturated carbocycles. The maximum Gasteiger partial charge on any atom is 0.296 e. The molecule has 5 rings (SSSR count). The van der Waals surface area contributed by atoms with Gasteiger partial charge in [-0.15, -0.1) is 0 Å². The molecule has 0 fully saturated rings. The predicted molar refractivity (Wildman–Crippen MR) is 132 cm³/mol. The topological polar surface area (TPSA) is 72.6 Å². The molecular formula is C28H26N2O4. The number of pyridine rings is 1. The summed E-state index contributed by atoms with van der Waals surface area (Å²) in [6.07, 6.45) is 2.60. The van der Waals surface area contributed by atoms with Crippen molar-refractivity contribution in [2.75, 3.05) is 11.5 Å². The maximum atomic E-state index is 13.6. The number of aromatic nitrogens is 1. The van der Waals surface area contributed by atoms with E-state index in [9.17, 15) is 9.59 Å². The summed E-state index contributed by atoms with van der Waals surface area (Å²) in [6, 6.07) is 17.6. The molecule has 0 aliphatic carbocycles. The van der Waals surface area contributed by atoms with E-state index < -0.39 is 6.04 Å². The number of carbonyl (C=O) groups is 1. The summed E-state index contributed by atoms with van der Waals surface area (Å²) in [5, 5.41) is 0.447. The lowest BCUT2D eigenvalue weighted by Crippen LogP contribution is -2.30. The van der Waals surface area contributed by atoms with Crippen LogP contribution in [0.1, 0.15) is 53.6 Å². The first-order chi connectivity index (χ1) is 16.4. The zero-order chi connectivity index (χ0) is 23.8. The molecule has 0 bridgehead atoms. The van der Waals surface area contributed by atoms with Gasteiger partial charge in [0.25, 0.3) is 5.91 Å². The van der Waals surface area contributed by atoms with Crippen LogP contribution in [-0.2, 0) is 0 Å². The van der Waals surface area contributed by atoms with Crippen molar-refractivity contribution in [1.82, 2.24) is 4.98 Å². The minimum Gasteiger partial charge on any atom is -0.494 e. The predicted octanol–water partition coefficient (Wildman–Crippen LogP) is 5.67. The summed E-state index contributed by atoms with van der Waals surface area (Å²) >= 11 is 0. The summed E-state index contributed by atoms with van der Waals surface area (Å²) in [5.74, 6) is 1.37. The van der Waals surface area contributed by atoms with Crippen molar-refractivity contribution in [3.05, 3.63) is 99.5 Å². The number of aryl methyl sites for hydroxylation is 1. The third kappa shape index (κ3) is 3.85. The second-order valence-electron chi connectivity index (χ2n) is 9.04. The molecule has 34 heavy (non-hydrogen) atoms. The number of carbonyl (C=O) groups excluding carboxylic acids is 1. The van der Waals surface area contributed by atoms with Gasteiger partial charge in [-0.05, 0) is 66.8 Å². The van der Waals surface area contributed by atoms with Crippen LogP contribution in [0.25, 0.3) is 11.0 Å². The van der Waals surface area contributed by atoms with Gasteiger partial charge in [0.1, 0.15) is 17.2 Å². The van der Waals surface area contributed by atoms with Crippen molar-refractivity contribution in [1.29, 1.82) is 0 Å². The number of hydrogen-bond donors (Lipinski definition) is 0. The quantitative estimate of drug-likeness (QED) is 0.375. The lowest BCUT2D eigenvalue weighted by atomic mass is 9.98. The van der Waals surface area contributed by atoms with Gasteiger partial charge in [0, 0.05) is 6.20 Å². The molecule has 2 aromatic carbocycles. The molecule has 172 valence electrons. The molecule has 1 amide bonds. The van der Waals surface area contributed by atoms with E-state index in [0.29, 0.717) is 40.6 Å². The monoisotopic (exact) mass is 454 g/mol. The lowest BCUT2D eigenvalue weighted by Gasteiger charge is -2.24. The third-order valence-electron chi connectivity index (χ3n) is 6.06. The zero-order valence-corrected chi connectivity index (χ0v) is 19.4. The summed E-state index contributed by atoms with van der Waals surface area (Å²) in [5.41, 5.74) is 2.23.